The van der Waals surface area contributed by atoms with E-state index in [9.17, 15) is 0 Å². The number of hydrogen-bond donors (Lipinski definition) is 0. The average molecular weight is 217 g/mol. The maximum absolute atomic E-state index is 9.16. The Labute approximate surface area is 100 Å². The van der Waals surface area contributed by atoms with Crippen molar-refractivity contribution in [1.29, 1.82) is 5.26 Å². The summed E-state index contributed by atoms with van der Waals surface area (Å²) in [5, 5.41) is 11.6. The highest BCUT2D eigenvalue weighted by Gasteiger charge is 2.18. The van der Waals surface area contributed by atoms with Crippen molar-refractivity contribution in [1.82, 2.24) is 0 Å². The SMILES string of the molecule is N#CC1=CC=CC2=c3ccccc3=CC=CC12. The van der Waals surface area contributed by atoms with Gasteiger partial charge in [0.25, 0.3) is 0 Å². The third kappa shape index (κ3) is 1.55. The zero-order valence-corrected chi connectivity index (χ0v) is 9.30. The molecule has 0 amide bonds. The first-order valence-electron chi connectivity index (χ1n) is 5.66. The van der Waals surface area contributed by atoms with Gasteiger partial charge in [0.05, 0.1) is 6.07 Å². The summed E-state index contributed by atoms with van der Waals surface area (Å²) < 4.78 is 0. The molecule has 80 valence electrons. The van der Waals surface area contributed by atoms with Crippen LogP contribution in [0.5, 0.6) is 0 Å². The Hall–Kier alpha value is -2.33. The molecule has 0 bridgehead atoms. The van der Waals surface area contributed by atoms with Crippen molar-refractivity contribution in [2.75, 3.05) is 0 Å². The molecular weight excluding hydrogens is 206 g/mol. The van der Waals surface area contributed by atoms with Crippen LogP contribution in [0.1, 0.15) is 0 Å². The van der Waals surface area contributed by atoms with Gasteiger partial charge >= 0.3 is 0 Å². The molecule has 0 aromatic heterocycles. The molecule has 0 radical (unpaired) electrons. The van der Waals surface area contributed by atoms with Crippen LogP contribution in [0.15, 0.2) is 60.2 Å². The molecule has 1 unspecified atom stereocenters. The average Bonchev–Trinajstić information content (AvgIpc) is 2.58. The van der Waals surface area contributed by atoms with Gasteiger partial charge in [0.15, 0.2) is 0 Å². The standard InChI is InChI=1S/C16H11N/c17-11-13-7-4-10-16-14-8-2-1-5-12(14)6-3-9-15(13)16/h1-10,15H. The second-order valence-electron chi connectivity index (χ2n) is 4.16. The van der Waals surface area contributed by atoms with Crippen LogP contribution in [-0.4, -0.2) is 0 Å². The van der Waals surface area contributed by atoms with Gasteiger partial charge in [-0.15, -0.1) is 0 Å². The van der Waals surface area contributed by atoms with Gasteiger partial charge in [-0.2, -0.15) is 5.26 Å². The first kappa shape index (κ1) is 9.86. The van der Waals surface area contributed by atoms with Crippen molar-refractivity contribution in [3.8, 4) is 6.07 Å². The summed E-state index contributed by atoms with van der Waals surface area (Å²) in [5.74, 6) is 0.102. The summed E-state index contributed by atoms with van der Waals surface area (Å²) in [6, 6.07) is 10.6. The van der Waals surface area contributed by atoms with E-state index in [-0.39, 0.29) is 5.92 Å². The Morgan fingerprint density at radius 1 is 1.06 bits per heavy atom. The van der Waals surface area contributed by atoms with Crippen LogP contribution in [0, 0.1) is 17.2 Å². The molecule has 17 heavy (non-hydrogen) atoms. The molecule has 0 N–H and O–H groups in total. The molecular formula is C16H11N. The summed E-state index contributed by atoms with van der Waals surface area (Å²) in [4.78, 5) is 0. The summed E-state index contributed by atoms with van der Waals surface area (Å²) in [6.45, 7) is 0. The monoisotopic (exact) mass is 217 g/mol. The molecule has 1 aromatic carbocycles. The predicted molar refractivity (Wildman–Crippen MR) is 69.0 cm³/mol. The molecule has 2 aliphatic rings. The van der Waals surface area contributed by atoms with Gasteiger partial charge in [0, 0.05) is 11.5 Å². The highest BCUT2D eigenvalue weighted by molar-refractivity contribution is 5.71. The van der Waals surface area contributed by atoms with Gasteiger partial charge in [-0.05, 0) is 22.1 Å². The first-order chi connectivity index (χ1) is 8.40. The zero-order valence-electron chi connectivity index (χ0n) is 9.30. The second kappa shape index (κ2) is 3.92. The molecule has 1 atom stereocenters. The Balaban J connectivity index is 2.38. The smallest absolute Gasteiger partial charge is 0.0957 e. The molecule has 0 saturated carbocycles. The van der Waals surface area contributed by atoms with E-state index in [1.54, 1.807) is 0 Å². The van der Waals surface area contributed by atoms with Crippen molar-refractivity contribution in [3.05, 3.63) is 70.7 Å². The minimum Gasteiger partial charge on any atom is -0.193 e. The van der Waals surface area contributed by atoms with Crippen LogP contribution in [0.25, 0.3) is 11.6 Å². The molecule has 1 heteroatoms. The lowest BCUT2D eigenvalue weighted by Gasteiger charge is -2.16. The topological polar surface area (TPSA) is 23.8 Å². The van der Waals surface area contributed by atoms with E-state index in [1.165, 1.54) is 16.0 Å². The number of fused-ring (bicyclic) bond motifs is 2. The number of rotatable bonds is 0. The van der Waals surface area contributed by atoms with Crippen LogP contribution in [0.2, 0.25) is 0 Å². The third-order valence-electron chi connectivity index (χ3n) is 3.20. The van der Waals surface area contributed by atoms with E-state index in [1.807, 2.05) is 30.4 Å². The highest BCUT2D eigenvalue weighted by atomic mass is 14.3. The van der Waals surface area contributed by atoms with E-state index in [0.29, 0.717) is 0 Å². The fourth-order valence-corrected chi connectivity index (χ4v) is 2.38. The lowest BCUT2D eigenvalue weighted by molar-refractivity contribution is 1.03. The van der Waals surface area contributed by atoms with E-state index in [2.05, 4.69) is 36.4 Å². The van der Waals surface area contributed by atoms with Crippen LogP contribution < -0.4 is 10.4 Å². The summed E-state index contributed by atoms with van der Waals surface area (Å²) in [5.41, 5.74) is 2.02. The molecule has 0 saturated heterocycles. The lowest BCUT2D eigenvalue weighted by Crippen LogP contribution is -2.27. The maximum atomic E-state index is 9.16. The van der Waals surface area contributed by atoms with Crippen LogP contribution in [-0.2, 0) is 0 Å². The van der Waals surface area contributed by atoms with Crippen LogP contribution >= 0.6 is 0 Å². The van der Waals surface area contributed by atoms with Crippen LogP contribution in [0.3, 0.4) is 0 Å². The van der Waals surface area contributed by atoms with Crippen molar-refractivity contribution < 1.29 is 0 Å². The Bertz CT molecular complexity index is 709. The number of nitrogens with zero attached hydrogens (tertiary/aromatic N) is 1. The van der Waals surface area contributed by atoms with Gasteiger partial charge in [-0.1, -0.05) is 54.6 Å². The Morgan fingerprint density at radius 2 is 1.94 bits per heavy atom. The van der Waals surface area contributed by atoms with Gasteiger partial charge in [-0.3, -0.25) is 0 Å². The molecule has 1 aromatic rings. The second-order valence-corrected chi connectivity index (χ2v) is 4.16. The minimum absolute atomic E-state index is 0.102. The van der Waals surface area contributed by atoms with Crippen molar-refractivity contribution in [2.24, 2.45) is 5.92 Å². The lowest BCUT2D eigenvalue weighted by atomic mass is 9.86. The van der Waals surface area contributed by atoms with Crippen molar-refractivity contribution >= 4 is 11.6 Å². The number of nitriles is 1. The number of benzene rings is 1. The largest absolute Gasteiger partial charge is 0.193 e. The fourth-order valence-electron chi connectivity index (χ4n) is 2.38. The molecule has 2 aliphatic carbocycles. The minimum atomic E-state index is 0.102. The fraction of sp³-hybridized carbons (Fsp3) is 0.0625. The molecule has 0 fully saturated rings. The van der Waals surface area contributed by atoms with E-state index in [4.69, 9.17) is 5.26 Å². The van der Waals surface area contributed by atoms with Crippen molar-refractivity contribution in [2.45, 2.75) is 0 Å². The summed E-state index contributed by atoms with van der Waals surface area (Å²) in [6.07, 6.45) is 12.2. The van der Waals surface area contributed by atoms with E-state index in [0.717, 1.165) is 5.57 Å². The number of hydrogen-bond acceptors (Lipinski definition) is 1. The third-order valence-corrected chi connectivity index (χ3v) is 3.20. The highest BCUT2D eigenvalue weighted by Crippen LogP contribution is 2.27. The van der Waals surface area contributed by atoms with Gasteiger partial charge in [0.2, 0.25) is 0 Å². The van der Waals surface area contributed by atoms with Gasteiger partial charge in [-0.25, -0.2) is 0 Å². The van der Waals surface area contributed by atoms with Crippen molar-refractivity contribution in [3.63, 3.8) is 0 Å². The van der Waals surface area contributed by atoms with Gasteiger partial charge < -0.3 is 0 Å². The zero-order chi connectivity index (χ0) is 11.7. The number of allylic oxidation sites excluding steroid dienone is 6. The summed E-state index contributed by atoms with van der Waals surface area (Å²) >= 11 is 0. The predicted octanol–water partition coefficient (Wildman–Crippen LogP) is 1.82. The van der Waals surface area contributed by atoms with E-state index >= 15 is 0 Å². The molecule has 0 heterocycles. The quantitative estimate of drug-likeness (QED) is 0.650. The normalized spacial score (nSPS) is 20.5. The van der Waals surface area contributed by atoms with E-state index < -0.39 is 0 Å². The maximum Gasteiger partial charge on any atom is 0.0957 e. The molecule has 1 nitrogen and oxygen atoms in total. The van der Waals surface area contributed by atoms with Crippen LogP contribution in [0.4, 0.5) is 0 Å². The molecule has 0 spiro atoms. The van der Waals surface area contributed by atoms with Gasteiger partial charge in [0.1, 0.15) is 0 Å². The Morgan fingerprint density at radius 3 is 2.82 bits per heavy atom. The molecule has 0 aliphatic heterocycles. The first-order valence-corrected chi connectivity index (χ1v) is 5.66. The molecule has 3 rings (SSSR count). The summed E-state index contributed by atoms with van der Waals surface area (Å²) in [7, 11) is 0. The Kier molecular flexibility index (Phi) is 2.27.